The van der Waals surface area contributed by atoms with Crippen molar-refractivity contribution in [2.75, 3.05) is 20.2 Å². The Kier molecular flexibility index (Phi) is 4.08. The van der Waals surface area contributed by atoms with Gasteiger partial charge in [-0.05, 0) is 32.4 Å². The minimum Gasteiger partial charge on any atom is -0.469 e. The summed E-state index contributed by atoms with van der Waals surface area (Å²) in [4.78, 5) is 11.2. The van der Waals surface area contributed by atoms with E-state index in [1.807, 2.05) is 0 Å². The molecule has 1 aliphatic heterocycles. The van der Waals surface area contributed by atoms with E-state index in [0.29, 0.717) is 0 Å². The van der Waals surface area contributed by atoms with Crippen LogP contribution in [-0.2, 0) is 9.53 Å². The van der Waals surface area contributed by atoms with Crippen molar-refractivity contribution in [1.82, 2.24) is 5.32 Å². The minimum atomic E-state index is -0.0429. The maximum absolute atomic E-state index is 11.2. The average molecular weight is 171 g/mol. The van der Waals surface area contributed by atoms with Crippen LogP contribution in [0.4, 0.5) is 0 Å². The van der Waals surface area contributed by atoms with Crippen molar-refractivity contribution in [2.45, 2.75) is 25.7 Å². The van der Waals surface area contributed by atoms with Crippen LogP contribution in [0.2, 0.25) is 0 Å². The quantitative estimate of drug-likeness (QED) is 0.597. The van der Waals surface area contributed by atoms with Crippen LogP contribution in [0.5, 0.6) is 0 Å². The van der Waals surface area contributed by atoms with Crippen LogP contribution in [0.3, 0.4) is 0 Å². The molecule has 0 aromatic carbocycles. The molecule has 3 nitrogen and oxygen atoms in total. The first-order valence-corrected chi connectivity index (χ1v) is 4.63. The van der Waals surface area contributed by atoms with Gasteiger partial charge in [0, 0.05) is 0 Å². The number of methoxy groups -OCH3 is 1. The fraction of sp³-hybridized carbons (Fsp3) is 0.889. The lowest BCUT2D eigenvalue weighted by Crippen LogP contribution is -2.26. The lowest BCUT2D eigenvalue weighted by atomic mass is 9.97. The van der Waals surface area contributed by atoms with Gasteiger partial charge in [-0.3, -0.25) is 4.79 Å². The third-order valence-electron chi connectivity index (χ3n) is 2.36. The van der Waals surface area contributed by atoms with Crippen LogP contribution >= 0.6 is 0 Å². The second-order valence-electron chi connectivity index (χ2n) is 3.25. The number of hydrogen-bond donors (Lipinski definition) is 1. The van der Waals surface area contributed by atoms with Crippen LogP contribution in [0.25, 0.3) is 0 Å². The number of carbonyl (C=O) groups excluding carboxylic acids is 1. The molecule has 0 saturated carbocycles. The summed E-state index contributed by atoms with van der Waals surface area (Å²) in [6, 6.07) is 0. The smallest absolute Gasteiger partial charge is 0.308 e. The number of rotatable bonds is 1. The molecule has 12 heavy (non-hydrogen) atoms. The van der Waals surface area contributed by atoms with Gasteiger partial charge in [0.1, 0.15) is 0 Å². The van der Waals surface area contributed by atoms with Crippen LogP contribution < -0.4 is 5.32 Å². The fourth-order valence-corrected chi connectivity index (χ4v) is 1.59. The molecular formula is C9H17NO2. The number of esters is 1. The number of ether oxygens (including phenoxy) is 1. The highest BCUT2D eigenvalue weighted by atomic mass is 16.5. The van der Waals surface area contributed by atoms with Gasteiger partial charge in [0.25, 0.3) is 0 Å². The highest BCUT2D eigenvalue weighted by molar-refractivity contribution is 5.72. The predicted molar refractivity (Wildman–Crippen MR) is 46.8 cm³/mol. The van der Waals surface area contributed by atoms with Crippen molar-refractivity contribution < 1.29 is 9.53 Å². The summed E-state index contributed by atoms with van der Waals surface area (Å²) in [7, 11) is 1.47. The van der Waals surface area contributed by atoms with Crippen molar-refractivity contribution in [1.29, 1.82) is 0 Å². The molecule has 1 atom stereocenters. The molecule has 0 aromatic rings. The zero-order valence-corrected chi connectivity index (χ0v) is 7.64. The normalized spacial score (nSPS) is 25.6. The number of hydrogen-bond acceptors (Lipinski definition) is 3. The Hall–Kier alpha value is -0.570. The van der Waals surface area contributed by atoms with Crippen molar-refractivity contribution in [3.63, 3.8) is 0 Å². The first kappa shape index (κ1) is 9.52. The summed E-state index contributed by atoms with van der Waals surface area (Å²) in [6.45, 7) is 2.04. The van der Waals surface area contributed by atoms with Gasteiger partial charge >= 0.3 is 5.97 Å². The van der Waals surface area contributed by atoms with Crippen molar-refractivity contribution in [3.05, 3.63) is 0 Å². The summed E-state index contributed by atoms with van der Waals surface area (Å²) in [6.07, 6.45) is 4.22. The third kappa shape index (κ3) is 2.81. The summed E-state index contributed by atoms with van der Waals surface area (Å²) in [5.41, 5.74) is 0. The molecular weight excluding hydrogens is 154 g/mol. The van der Waals surface area contributed by atoms with E-state index in [1.54, 1.807) is 0 Å². The summed E-state index contributed by atoms with van der Waals surface area (Å²) >= 11 is 0. The molecule has 1 fully saturated rings. The maximum Gasteiger partial charge on any atom is 0.308 e. The van der Waals surface area contributed by atoms with Gasteiger partial charge in [0.2, 0.25) is 0 Å². The number of nitrogens with one attached hydrogen (secondary N) is 1. The van der Waals surface area contributed by atoms with Crippen molar-refractivity contribution >= 4 is 5.97 Å². The second kappa shape index (κ2) is 5.14. The van der Waals surface area contributed by atoms with E-state index in [2.05, 4.69) is 5.32 Å². The summed E-state index contributed by atoms with van der Waals surface area (Å²) < 4.78 is 4.72. The highest BCUT2D eigenvalue weighted by Gasteiger charge is 2.19. The maximum atomic E-state index is 11.2. The molecule has 0 aromatic heterocycles. The Bertz CT molecular complexity index is 139. The molecule has 0 bridgehead atoms. The van der Waals surface area contributed by atoms with Gasteiger partial charge in [0.05, 0.1) is 13.0 Å². The molecule has 1 N–H and O–H groups in total. The summed E-state index contributed by atoms with van der Waals surface area (Å²) in [5, 5.41) is 3.29. The van der Waals surface area contributed by atoms with Gasteiger partial charge in [0.15, 0.2) is 0 Å². The Morgan fingerprint density at radius 2 is 2.17 bits per heavy atom. The van der Waals surface area contributed by atoms with Crippen LogP contribution in [0.1, 0.15) is 25.7 Å². The Balaban J connectivity index is 2.34. The molecule has 3 heteroatoms. The van der Waals surface area contributed by atoms with Crippen LogP contribution in [0, 0.1) is 5.92 Å². The lowest BCUT2D eigenvalue weighted by molar-refractivity contribution is -0.146. The molecule has 0 aliphatic carbocycles. The fourth-order valence-electron chi connectivity index (χ4n) is 1.59. The third-order valence-corrected chi connectivity index (χ3v) is 2.36. The molecule has 70 valence electrons. The second-order valence-corrected chi connectivity index (χ2v) is 3.25. The Labute approximate surface area is 73.5 Å². The first-order chi connectivity index (χ1) is 5.84. The van der Waals surface area contributed by atoms with Gasteiger partial charge < -0.3 is 10.1 Å². The van der Waals surface area contributed by atoms with E-state index < -0.39 is 0 Å². The highest BCUT2D eigenvalue weighted by Crippen LogP contribution is 2.15. The molecule has 0 radical (unpaired) electrons. The van der Waals surface area contributed by atoms with Crippen molar-refractivity contribution in [2.24, 2.45) is 5.92 Å². The molecule has 0 amide bonds. The molecule has 1 rings (SSSR count). The van der Waals surface area contributed by atoms with E-state index in [0.717, 1.165) is 32.4 Å². The Morgan fingerprint density at radius 1 is 1.33 bits per heavy atom. The average Bonchev–Trinajstić information content (AvgIpc) is 2.02. The summed E-state index contributed by atoms with van der Waals surface area (Å²) in [5.74, 6) is 0.0847. The van der Waals surface area contributed by atoms with E-state index in [9.17, 15) is 4.79 Å². The van der Waals surface area contributed by atoms with E-state index in [1.165, 1.54) is 13.5 Å². The van der Waals surface area contributed by atoms with Crippen molar-refractivity contribution in [3.8, 4) is 0 Å². The van der Waals surface area contributed by atoms with Gasteiger partial charge in [-0.15, -0.1) is 0 Å². The largest absolute Gasteiger partial charge is 0.469 e. The van der Waals surface area contributed by atoms with E-state index >= 15 is 0 Å². The van der Waals surface area contributed by atoms with Gasteiger partial charge in [-0.2, -0.15) is 0 Å². The molecule has 1 unspecified atom stereocenters. The predicted octanol–water partition coefficient (Wildman–Crippen LogP) is 0.939. The monoisotopic (exact) mass is 171 g/mol. The lowest BCUT2D eigenvalue weighted by Gasteiger charge is -2.17. The molecule has 1 saturated heterocycles. The Morgan fingerprint density at radius 3 is 2.92 bits per heavy atom. The first-order valence-electron chi connectivity index (χ1n) is 4.63. The topological polar surface area (TPSA) is 38.3 Å². The van der Waals surface area contributed by atoms with Crippen LogP contribution in [-0.4, -0.2) is 26.2 Å². The van der Waals surface area contributed by atoms with Crippen LogP contribution in [0.15, 0.2) is 0 Å². The number of carbonyl (C=O) groups is 1. The SMILES string of the molecule is COC(=O)C1CCCCNCC1. The standard InChI is InChI=1S/C9H17NO2/c1-12-9(11)8-4-2-3-6-10-7-5-8/h8,10H,2-7H2,1H3. The minimum absolute atomic E-state index is 0.0429. The van der Waals surface area contributed by atoms with E-state index in [4.69, 9.17) is 4.74 Å². The zero-order valence-electron chi connectivity index (χ0n) is 7.64. The zero-order chi connectivity index (χ0) is 8.81. The van der Waals surface area contributed by atoms with Gasteiger partial charge in [-0.25, -0.2) is 0 Å². The van der Waals surface area contributed by atoms with E-state index in [-0.39, 0.29) is 11.9 Å². The molecule has 0 spiro atoms. The van der Waals surface area contributed by atoms with Gasteiger partial charge in [-0.1, -0.05) is 6.42 Å². The molecule has 1 heterocycles. The molecule has 1 aliphatic rings.